The maximum Gasteiger partial charge on any atom is 0.136 e. The van der Waals surface area contributed by atoms with E-state index in [1.54, 1.807) is 0 Å². The molecule has 0 saturated carbocycles. The topological polar surface area (TPSA) is 26.3 Å². The Labute approximate surface area is 273 Å². The standard InChI is InChI=1S/C44H48O2/c1-3-5-7-9-11-13-16-31-18-15-19-33(28-31)34-21-25-39-38(30-34)44-36-24-26-40-43(35(36)23-27-41(44)45-39)37-22-20-32(29-42(37)46-40)17-14-12-10-8-6-4-2/h15,18-30H,3-14,16-17H2,1-2H3. The van der Waals surface area contributed by atoms with Gasteiger partial charge in [0.25, 0.3) is 0 Å². The molecule has 7 aromatic rings. The lowest BCUT2D eigenvalue weighted by atomic mass is 9.96. The summed E-state index contributed by atoms with van der Waals surface area (Å²) in [5.74, 6) is 0. The van der Waals surface area contributed by atoms with Gasteiger partial charge in [0.2, 0.25) is 0 Å². The average molecular weight is 609 g/mol. The Balaban J connectivity index is 1.19. The SMILES string of the molecule is CCCCCCCCc1cccc(-c2ccc3oc4ccc5c(ccc6oc7cc(CCCCCCCC)ccc7c65)c4c3c2)c1. The van der Waals surface area contributed by atoms with Crippen molar-refractivity contribution in [2.75, 3.05) is 0 Å². The molecule has 0 radical (unpaired) electrons. The summed E-state index contributed by atoms with van der Waals surface area (Å²) in [5.41, 5.74) is 9.14. The lowest BCUT2D eigenvalue weighted by Gasteiger charge is -2.07. The normalized spacial score (nSPS) is 12.0. The van der Waals surface area contributed by atoms with Gasteiger partial charge in [0.15, 0.2) is 0 Å². The van der Waals surface area contributed by atoms with E-state index in [1.165, 1.54) is 132 Å². The Hall–Kier alpha value is -4.04. The van der Waals surface area contributed by atoms with Gasteiger partial charge in [-0.2, -0.15) is 0 Å². The Kier molecular flexibility index (Phi) is 9.42. The highest BCUT2D eigenvalue weighted by atomic mass is 16.3. The summed E-state index contributed by atoms with van der Waals surface area (Å²) in [7, 11) is 0. The van der Waals surface area contributed by atoms with Gasteiger partial charge in [-0.15, -0.1) is 0 Å². The van der Waals surface area contributed by atoms with Crippen molar-refractivity contribution in [3.63, 3.8) is 0 Å². The van der Waals surface area contributed by atoms with E-state index < -0.39 is 0 Å². The summed E-state index contributed by atoms with van der Waals surface area (Å²) >= 11 is 0. The largest absolute Gasteiger partial charge is 0.456 e. The van der Waals surface area contributed by atoms with Crippen molar-refractivity contribution in [3.8, 4) is 11.1 Å². The van der Waals surface area contributed by atoms with Gasteiger partial charge in [-0.3, -0.25) is 0 Å². The zero-order chi connectivity index (χ0) is 31.3. The molecule has 0 bridgehead atoms. The molecule has 0 spiro atoms. The Morgan fingerprint density at radius 3 is 1.63 bits per heavy atom. The van der Waals surface area contributed by atoms with Crippen molar-refractivity contribution in [1.82, 2.24) is 0 Å². The number of rotatable bonds is 15. The van der Waals surface area contributed by atoms with E-state index in [2.05, 4.69) is 98.8 Å². The van der Waals surface area contributed by atoms with Crippen molar-refractivity contribution in [3.05, 3.63) is 96.1 Å². The van der Waals surface area contributed by atoms with Crippen molar-refractivity contribution >= 4 is 54.6 Å². The molecule has 0 atom stereocenters. The van der Waals surface area contributed by atoms with Crippen molar-refractivity contribution in [2.45, 2.75) is 104 Å². The molecule has 7 rings (SSSR count). The fraction of sp³-hybridized carbons (Fsp3) is 0.364. The molecular formula is C44H48O2. The molecule has 2 aromatic heterocycles. The Bertz CT molecular complexity index is 2090. The van der Waals surface area contributed by atoms with Gasteiger partial charge in [-0.1, -0.05) is 121 Å². The number of hydrogen-bond acceptors (Lipinski definition) is 2. The van der Waals surface area contributed by atoms with Crippen LogP contribution in [0.5, 0.6) is 0 Å². The molecule has 0 saturated heterocycles. The van der Waals surface area contributed by atoms with Crippen LogP contribution >= 0.6 is 0 Å². The number of unbranched alkanes of at least 4 members (excludes halogenated alkanes) is 10. The first-order valence-electron chi connectivity index (χ1n) is 18.1. The number of fused-ring (bicyclic) bond motifs is 9. The molecule has 0 unspecified atom stereocenters. The third kappa shape index (κ3) is 6.32. The van der Waals surface area contributed by atoms with E-state index in [0.717, 1.165) is 35.2 Å². The smallest absolute Gasteiger partial charge is 0.136 e. The average Bonchev–Trinajstić information content (AvgIpc) is 3.65. The zero-order valence-electron chi connectivity index (χ0n) is 27.8. The molecule has 46 heavy (non-hydrogen) atoms. The molecular weight excluding hydrogens is 560 g/mol. The second kappa shape index (κ2) is 14.2. The quantitative estimate of drug-likeness (QED) is 0.108. The van der Waals surface area contributed by atoms with E-state index >= 15 is 0 Å². The third-order valence-electron chi connectivity index (χ3n) is 10.0. The first kappa shape index (κ1) is 30.6. The monoisotopic (exact) mass is 608 g/mol. The van der Waals surface area contributed by atoms with Crippen molar-refractivity contribution < 1.29 is 8.83 Å². The molecule has 0 fully saturated rings. The van der Waals surface area contributed by atoms with Gasteiger partial charge in [-0.25, -0.2) is 0 Å². The Morgan fingerprint density at radius 2 is 0.935 bits per heavy atom. The van der Waals surface area contributed by atoms with E-state index in [4.69, 9.17) is 8.83 Å². The van der Waals surface area contributed by atoms with Crippen LogP contribution in [-0.4, -0.2) is 0 Å². The highest BCUT2D eigenvalue weighted by molar-refractivity contribution is 6.27. The lowest BCUT2D eigenvalue weighted by Crippen LogP contribution is -1.88. The van der Waals surface area contributed by atoms with Crippen LogP contribution in [0.3, 0.4) is 0 Å². The number of furan rings is 2. The number of hydrogen-bond donors (Lipinski definition) is 0. The minimum absolute atomic E-state index is 0.935. The number of benzene rings is 5. The second-order valence-electron chi connectivity index (χ2n) is 13.5. The lowest BCUT2D eigenvalue weighted by molar-refractivity contribution is 0.607. The zero-order valence-corrected chi connectivity index (χ0v) is 27.8. The molecule has 2 heteroatoms. The minimum atomic E-state index is 0.935. The predicted octanol–water partition coefficient (Wildman–Crippen LogP) is 14.1. The third-order valence-corrected chi connectivity index (χ3v) is 10.0. The van der Waals surface area contributed by atoms with Gasteiger partial charge in [-0.05, 0) is 101 Å². The van der Waals surface area contributed by atoms with Crippen LogP contribution < -0.4 is 0 Å². The molecule has 5 aromatic carbocycles. The van der Waals surface area contributed by atoms with Crippen LogP contribution in [0.25, 0.3) is 65.8 Å². The molecule has 0 aliphatic carbocycles. The first-order chi connectivity index (χ1) is 22.7. The summed E-state index contributed by atoms with van der Waals surface area (Å²) in [6.45, 7) is 4.56. The maximum atomic E-state index is 6.46. The highest BCUT2D eigenvalue weighted by Gasteiger charge is 2.17. The van der Waals surface area contributed by atoms with Gasteiger partial charge in [0.05, 0.1) is 0 Å². The van der Waals surface area contributed by atoms with Crippen molar-refractivity contribution in [2.24, 2.45) is 0 Å². The van der Waals surface area contributed by atoms with E-state index in [1.807, 2.05) is 0 Å². The van der Waals surface area contributed by atoms with E-state index in [9.17, 15) is 0 Å². The van der Waals surface area contributed by atoms with Crippen LogP contribution in [-0.2, 0) is 12.8 Å². The van der Waals surface area contributed by atoms with Crippen LogP contribution in [0, 0.1) is 0 Å². The summed E-state index contributed by atoms with van der Waals surface area (Å²) in [4.78, 5) is 0. The Morgan fingerprint density at radius 1 is 0.391 bits per heavy atom. The number of aryl methyl sites for hydroxylation is 2. The molecule has 236 valence electrons. The van der Waals surface area contributed by atoms with Gasteiger partial charge >= 0.3 is 0 Å². The molecule has 0 aliphatic rings. The molecule has 2 heterocycles. The minimum Gasteiger partial charge on any atom is -0.456 e. The fourth-order valence-corrected chi connectivity index (χ4v) is 7.46. The maximum absolute atomic E-state index is 6.46. The van der Waals surface area contributed by atoms with Crippen LogP contribution in [0.4, 0.5) is 0 Å². The molecule has 2 nitrogen and oxygen atoms in total. The molecule has 0 amide bonds. The molecule has 0 aliphatic heterocycles. The van der Waals surface area contributed by atoms with E-state index in [0.29, 0.717) is 0 Å². The highest BCUT2D eigenvalue weighted by Crippen LogP contribution is 2.41. The van der Waals surface area contributed by atoms with E-state index in [-0.39, 0.29) is 0 Å². The summed E-state index contributed by atoms with van der Waals surface area (Å²) in [6.07, 6.45) is 18.2. The van der Waals surface area contributed by atoms with Crippen LogP contribution in [0.2, 0.25) is 0 Å². The fourth-order valence-electron chi connectivity index (χ4n) is 7.46. The first-order valence-corrected chi connectivity index (χ1v) is 18.1. The molecule has 0 N–H and O–H groups in total. The second-order valence-corrected chi connectivity index (χ2v) is 13.5. The van der Waals surface area contributed by atoms with Crippen molar-refractivity contribution in [1.29, 1.82) is 0 Å². The van der Waals surface area contributed by atoms with Gasteiger partial charge < -0.3 is 8.83 Å². The summed E-state index contributed by atoms with van der Waals surface area (Å²) < 4.78 is 12.9. The van der Waals surface area contributed by atoms with Gasteiger partial charge in [0, 0.05) is 21.5 Å². The van der Waals surface area contributed by atoms with Crippen LogP contribution in [0.1, 0.15) is 102 Å². The van der Waals surface area contributed by atoms with Crippen LogP contribution in [0.15, 0.2) is 93.8 Å². The summed E-state index contributed by atoms with van der Waals surface area (Å²) in [6, 6.07) is 31.4. The van der Waals surface area contributed by atoms with Gasteiger partial charge in [0.1, 0.15) is 22.3 Å². The predicted molar refractivity (Wildman–Crippen MR) is 198 cm³/mol. The summed E-state index contributed by atoms with van der Waals surface area (Å²) in [5, 5.41) is 7.20.